The third kappa shape index (κ3) is 4.10. The zero-order valence-corrected chi connectivity index (χ0v) is 19.9. The molecule has 7 nitrogen and oxygen atoms in total. The Labute approximate surface area is 203 Å². The van der Waals surface area contributed by atoms with E-state index in [-0.39, 0.29) is 5.91 Å². The molecule has 1 aromatic rings. The first-order valence-electron chi connectivity index (χ1n) is 12.1. The summed E-state index contributed by atoms with van der Waals surface area (Å²) in [7, 11) is 0. The van der Waals surface area contributed by atoms with E-state index in [4.69, 9.17) is 46.9 Å². The molecule has 2 aliphatic carbocycles. The zero-order chi connectivity index (χ0) is 22.6. The van der Waals surface area contributed by atoms with Gasteiger partial charge in [-0.1, -0.05) is 36.0 Å². The van der Waals surface area contributed by atoms with Crippen molar-refractivity contribution in [1.29, 1.82) is 0 Å². The van der Waals surface area contributed by atoms with Crippen LogP contribution in [0.25, 0.3) is 0 Å². The lowest BCUT2D eigenvalue weighted by atomic mass is 9.94. The van der Waals surface area contributed by atoms with Crippen LogP contribution in [-0.4, -0.2) is 48.2 Å². The van der Waals surface area contributed by atoms with Crippen molar-refractivity contribution in [2.24, 2.45) is 0 Å². The van der Waals surface area contributed by atoms with Crippen LogP contribution in [0.5, 0.6) is 0 Å². The summed E-state index contributed by atoms with van der Waals surface area (Å²) in [6.07, 6.45) is 6.81. The van der Waals surface area contributed by atoms with Gasteiger partial charge in [0.2, 0.25) is 0 Å². The van der Waals surface area contributed by atoms with Crippen molar-refractivity contribution < 1.29 is 28.5 Å². The summed E-state index contributed by atoms with van der Waals surface area (Å²) in [5.41, 5.74) is 0.537. The molecule has 0 unspecified atom stereocenters. The number of rotatable bonds is 2. The van der Waals surface area contributed by atoms with E-state index >= 15 is 0 Å². The molecule has 180 valence electrons. The molecular weight excluding hydrogens is 469 g/mol. The number of nitrogens with one attached hydrogen (secondary N) is 1. The summed E-state index contributed by atoms with van der Waals surface area (Å²) in [5.74, 6) is -1.66. The number of carbonyl (C=O) groups is 1. The second-order valence-corrected chi connectivity index (χ2v) is 10.7. The largest absolute Gasteiger partial charge is 0.341 e. The number of benzene rings is 1. The molecule has 5 fully saturated rings. The van der Waals surface area contributed by atoms with Gasteiger partial charge in [-0.25, -0.2) is 0 Å². The molecule has 2 spiro atoms. The average Bonchev–Trinajstić information content (AvgIpc) is 3.34. The van der Waals surface area contributed by atoms with Crippen molar-refractivity contribution in [3.8, 4) is 0 Å². The van der Waals surface area contributed by atoms with E-state index in [1.807, 2.05) is 0 Å². The maximum Gasteiger partial charge on any atom is 0.256 e. The normalized spacial score (nSPS) is 36.5. The summed E-state index contributed by atoms with van der Waals surface area (Å²) in [6, 6.07) is 4.97. The molecule has 0 bridgehead atoms. The van der Waals surface area contributed by atoms with Crippen LogP contribution in [0.3, 0.4) is 0 Å². The number of fused-ring (bicyclic) bond motifs is 3. The Kier molecular flexibility index (Phi) is 5.89. The fourth-order valence-corrected chi connectivity index (χ4v) is 6.25. The Morgan fingerprint density at radius 3 is 2.06 bits per heavy atom. The highest BCUT2D eigenvalue weighted by atomic mass is 35.5. The van der Waals surface area contributed by atoms with E-state index in [1.54, 1.807) is 18.2 Å². The summed E-state index contributed by atoms with van der Waals surface area (Å²) >= 11 is 12.1. The fourth-order valence-electron chi connectivity index (χ4n) is 5.96. The minimum Gasteiger partial charge on any atom is -0.341 e. The molecule has 1 N–H and O–H groups in total. The Bertz CT molecular complexity index is 916. The lowest BCUT2D eigenvalue weighted by Gasteiger charge is -2.36. The highest BCUT2D eigenvalue weighted by Gasteiger charge is 2.65. The van der Waals surface area contributed by atoms with Crippen LogP contribution in [0.15, 0.2) is 18.2 Å². The predicted molar refractivity (Wildman–Crippen MR) is 121 cm³/mol. The molecule has 2 saturated carbocycles. The quantitative estimate of drug-likeness (QED) is 0.606. The Hall–Kier alpha value is -0.930. The van der Waals surface area contributed by atoms with Crippen molar-refractivity contribution in [2.45, 2.75) is 106 Å². The number of amides is 1. The van der Waals surface area contributed by atoms with Crippen LogP contribution in [0, 0.1) is 0 Å². The van der Waals surface area contributed by atoms with Crippen LogP contribution >= 0.6 is 23.2 Å². The molecule has 5 atom stereocenters. The van der Waals surface area contributed by atoms with Crippen LogP contribution in [-0.2, 0) is 28.5 Å². The van der Waals surface area contributed by atoms with Crippen LogP contribution in [0.2, 0.25) is 10.0 Å². The van der Waals surface area contributed by atoms with E-state index < -0.39 is 42.3 Å². The molecule has 0 aromatic heterocycles. The molecule has 1 aromatic carbocycles. The molecule has 0 radical (unpaired) electrons. The number of carbonyl (C=O) groups excluding carboxylic acids is 1. The molecule has 1 amide bonds. The van der Waals surface area contributed by atoms with Gasteiger partial charge in [0.1, 0.15) is 18.3 Å². The second kappa shape index (κ2) is 8.63. The third-order valence-corrected chi connectivity index (χ3v) is 8.29. The van der Waals surface area contributed by atoms with Gasteiger partial charge in [0.15, 0.2) is 24.0 Å². The first kappa shape index (κ1) is 22.5. The number of hydrogen-bond donors (Lipinski definition) is 1. The second-order valence-electron chi connectivity index (χ2n) is 9.85. The van der Waals surface area contributed by atoms with E-state index in [0.717, 1.165) is 57.8 Å². The highest BCUT2D eigenvalue weighted by Crippen LogP contribution is 2.51. The topological polar surface area (TPSA) is 75.3 Å². The number of hydrogen-bond acceptors (Lipinski definition) is 6. The van der Waals surface area contributed by atoms with Crippen LogP contribution in [0.1, 0.15) is 64.2 Å². The third-order valence-electron chi connectivity index (χ3n) is 7.55. The van der Waals surface area contributed by atoms with Crippen molar-refractivity contribution in [3.05, 3.63) is 28.2 Å². The van der Waals surface area contributed by atoms with E-state index in [9.17, 15) is 4.79 Å². The van der Waals surface area contributed by atoms with Gasteiger partial charge in [0, 0.05) is 31.4 Å². The van der Waals surface area contributed by atoms with Crippen molar-refractivity contribution >= 4 is 34.8 Å². The van der Waals surface area contributed by atoms with E-state index in [0.29, 0.717) is 15.7 Å². The fraction of sp³-hybridized carbons (Fsp3) is 0.708. The smallest absolute Gasteiger partial charge is 0.256 e. The first-order valence-corrected chi connectivity index (χ1v) is 12.8. The lowest BCUT2D eigenvalue weighted by molar-refractivity contribution is -0.246. The minimum atomic E-state index is -0.894. The van der Waals surface area contributed by atoms with Gasteiger partial charge in [-0.15, -0.1) is 0 Å². The Morgan fingerprint density at radius 1 is 0.788 bits per heavy atom. The summed E-state index contributed by atoms with van der Waals surface area (Å²) in [5, 5.41) is 3.69. The maximum absolute atomic E-state index is 13.4. The number of ether oxygens (including phenoxy) is 5. The molecule has 5 aliphatic rings. The minimum absolute atomic E-state index is 0.327. The van der Waals surface area contributed by atoms with Crippen molar-refractivity contribution in [3.63, 3.8) is 0 Å². The van der Waals surface area contributed by atoms with Crippen molar-refractivity contribution in [2.75, 3.05) is 5.32 Å². The van der Waals surface area contributed by atoms with Gasteiger partial charge in [-0.05, 0) is 43.9 Å². The van der Waals surface area contributed by atoms with Gasteiger partial charge >= 0.3 is 0 Å². The standard InChI is InChI=1S/C24H29Cl2NO6/c25-15-8-7-14(13-16(15)26)27-21(28)19-17-18(31-23(30-17)9-3-1-4-10-23)20-22(29-19)33-24(32-20)11-5-2-6-12-24/h7-8,13,17-20,22H,1-6,9-12H2,(H,27,28)/t17-,18-,19+,20+,22+/m0/s1. The number of halogens is 2. The maximum atomic E-state index is 13.4. The molecule has 6 rings (SSSR count). The van der Waals surface area contributed by atoms with Crippen LogP contribution in [0.4, 0.5) is 5.69 Å². The van der Waals surface area contributed by atoms with Crippen molar-refractivity contribution in [1.82, 2.24) is 0 Å². The molecule has 3 heterocycles. The Morgan fingerprint density at radius 2 is 1.39 bits per heavy atom. The monoisotopic (exact) mass is 497 g/mol. The first-order chi connectivity index (χ1) is 16.0. The summed E-state index contributed by atoms with van der Waals surface area (Å²) in [6.45, 7) is 0. The molecule has 9 heteroatoms. The van der Waals surface area contributed by atoms with Gasteiger partial charge in [0.25, 0.3) is 5.91 Å². The van der Waals surface area contributed by atoms with Gasteiger partial charge in [-0.3, -0.25) is 4.79 Å². The average molecular weight is 498 g/mol. The molecule has 3 saturated heterocycles. The summed E-state index contributed by atoms with van der Waals surface area (Å²) < 4.78 is 32.2. The zero-order valence-electron chi connectivity index (χ0n) is 18.4. The molecule has 3 aliphatic heterocycles. The highest BCUT2D eigenvalue weighted by molar-refractivity contribution is 6.42. The summed E-state index contributed by atoms with van der Waals surface area (Å²) in [4.78, 5) is 13.4. The number of anilines is 1. The van der Waals surface area contributed by atoms with Gasteiger partial charge < -0.3 is 29.0 Å². The van der Waals surface area contributed by atoms with Crippen LogP contribution < -0.4 is 5.32 Å². The molecular formula is C24H29Cl2NO6. The predicted octanol–water partition coefficient (Wildman–Crippen LogP) is 5.18. The van der Waals surface area contributed by atoms with E-state index in [2.05, 4.69) is 5.32 Å². The van der Waals surface area contributed by atoms with E-state index in [1.165, 1.54) is 6.42 Å². The lowest BCUT2D eigenvalue weighted by Crippen LogP contribution is -2.58. The molecule has 33 heavy (non-hydrogen) atoms. The SMILES string of the molecule is O=C(Nc1ccc(Cl)c(Cl)c1)[C@@H]1O[C@@H]2OC3(CCCCC3)O[C@@H]2[C@H]2OC3(CCCCC3)O[C@@H]21. The van der Waals surface area contributed by atoms with Gasteiger partial charge in [0.05, 0.1) is 10.0 Å². The van der Waals surface area contributed by atoms with Gasteiger partial charge in [-0.2, -0.15) is 0 Å². The Balaban J connectivity index is 1.27.